The van der Waals surface area contributed by atoms with Gasteiger partial charge >= 0.3 is 0 Å². The lowest BCUT2D eigenvalue weighted by molar-refractivity contribution is -0.128. The van der Waals surface area contributed by atoms with E-state index in [1.54, 1.807) is 11.0 Å². The van der Waals surface area contributed by atoms with Crippen LogP contribution in [0.15, 0.2) is 22.7 Å². The highest BCUT2D eigenvalue weighted by atomic mass is 79.9. The maximum atomic E-state index is 13.3. The van der Waals surface area contributed by atoms with E-state index in [4.69, 9.17) is 5.73 Å². The molecular weight excluding hydrogens is 287 g/mol. The number of nitrogens with two attached hydrogens (primary N) is 1. The van der Waals surface area contributed by atoms with Gasteiger partial charge in [-0.05, 0) is 30.7 Å². The van der Waals surface area contributed by atoms with Crippen molar-refractivity contribution in [3.05, 3.63) is 34.1 Å². The summed E-state index contributed by atoms with van der Waals surface area (Å²) in [5, 5.41) is 0. The third-order valence-corrected chi connectivity index (χ3v) is 3.81. The summed E-state index contributed by atoms with van der Waals surface area (Å²) in [4.78, 5) is 13.4. The van der Waals surface area contributed by atoms with E-state index in [2.05, 4.69) is 15.9 Å². The second kappa shape index (κ2) is 4.74. The first kappa shape index (κ1) is 12.5. The Hall–Kier alpha value is -0.940. The van der Waals surface area contributed by atoms with Gasteiger partial charge in [-0.15, -0.1) is 0 Å². The lowest BCUT2D eigenvalue weighted by Crippen LogP contribution is -2.33. The van der Waals surface area contributed by atoms with Crippen molar-refractivity contribution in [3.63, 3.8) is 0 Å². The van der Waals surface area contributed by atoms with Crippen molar-refractivity contribution < 1.29 is 9.18 Å². The molecule has 0 aliphatic carbocycles. The molecule has 1 aromatic carbocycles. The molecule has 1 saturated heterocycles. The molecule has 92 valence electrons. The van der Waals surface area contributed by atoms with Gasteiger partial charge in [-0.25, -0.2) is 4.39 Å². The molecule has 2 N–H and O–H groups in total. The van der Waals surface area contributed by atoms with Crippen molar-refractivity contribution >= 4 is 21.8 Å². The molecule has 2 unspecified atom stereocenters. The van der Waals surface area contributed by atoms with Crippen LogP contribution in [-0.2, 0) is 4.79 Å². The monoisotopic (exact) mass is 300 g/mol. The van der Waals surface area contributed by atoms with Crippen LogP contribution < -0.4 is 5.73 Å². The molecule has 17 heavy (non-hydrogen) atoms. The SMILES string of the molecule is CCN1C(=O)CC(N)C1c1cc(F)ccc1Br. The minimum absolute atomic E-state index is 0.0289. The van der Waals surface area contributed by atoms with Crippen LogP contribution in [0.25, 0.3) is 0 Å². The Bertz CT molecular complexity index is 452. The standard InChI is InChI=1S/C12H14BrFN2O/c1-2-16-11(17)6-10(15)12(16)8-5-7(14)3-4-9(8)13/h3-5,10,12H,2,6,15H2,1H3. The summed E-state index contributed by atoms with van der Waals surface area (Å²) in [6.45, 7) is 2.48. The Labute approximate surface area is 108 Å². The van der Waals surface area contributed by atoms with E-state index in [9.17, 15) is 9.18 Å². The Morgan fingerprint density at radius 3 is 2.94 bits per heavy atom. The number of carbonyl (C=O) groups is 1. The smallest absolute Gasteiger partial charge is 0.224 e. The molecule has 0 saturated carbocycles. The highest BCUT2D eigenvalue weighted by Gasteiger charge is 2.38. The van der Waals surface area contributed by atoms with Crippen LogP contribution in [0.5, 0.6) is 0 Å². The van der Waals surface area contributed by atoms with Crippen LogP contribution in [0, 0.1) is 5.82 Å². The first-order valence-corrected chi connectivity index (χ1v) is 6.34. The molecular formula is C12H14BrFN2O. The molecule has 2 atom stereocenters. The predicted octanol–water partition coefficient (Wildman–Crippen LogP) is 2.21. The summed E-state index contributed by atoms with van der Waals surface area (Å²) in [7, 11) is 0. The number of rotatable bonds is 2. The molecule has 3 nitrogen and oxygen atoms in total. The molecule has 1 fully saturated rings. The minimum Gasteiger partial charge on any atom is -0.334 e. The van der Waals surface area contributed by atoms with Crippen molar-refractivity contribution in [3.8, 4) is 0 Å². The average molecular weight is 301 g/mol. The summed E-state index contributed by atoms with van der Waals surface area (Å²) in [6, 6.07) is 3.95. The third-order valence-electron chi connectivity index (χ3n) is 3.09. The van der Waals surface area contributed by atoms with Crippen LogP contribution in [0.4, 0.5) is 4.39 Å². The Balaban J connectivity index is 2.44. The van der Waals surface area contributed by atoms with Gasteiger partial charge in [0.15, 0.2) is 0 Å². The fraction of sp³-hybridized carbons (Fsp3) is 0.417. The van der Waals surface area contributed by atoms with Crippen LogP contribution in [0.1, 0.15) is 24.9 Å². The Morgan fingerprint density at radius 2 is 2.29 bits per heavy atom. The van der Waals surface area contributed by atoms with Gasteiger partial charge in [0.25, 0.3) is 0 Å². The summed E-state index contributed by atoms with van der Waals surface area (Å²) in [5.74, 6) is -0.285. The third kappa shape index (κ3) is 2.21. The van der Waals surface area contributed by atoms with Crippen LogP contribution >= 0.6 is 15.9 Å². The van der Waals surface area contributed by atoms with Gasteiger partial charge in [0.1, 0.15) is 5.82 Å². The lowest BCUT2D eigenvalue weighted by Gasteiger charge is -2.26. The second-order valence-electron chi connectivity index (χ2n) is 4.16. The van der Waals surface area contributed by atoms with Gasteiger partial charge in [-0.1, -0.05) is 15.9 Å². The summed E-state index contributed by atoms with van der Waals surface area (Å²) in [5.41, 5.74) is 6.72. The zero-order valence-electron chi connectivity index (χ0n) is 9.49. The molecule has 1 heterocycles. The molecule has 1 amide bonds. The number of carbonyl (C=O) groups excluding carboxylic acids is 1. The number of hydrogen-bond donors (Lipinski definition) is 1. The van der Waals surface area contributed by atoms with E-state index in [1.165, 1.54) is 12.1 Å². The molecule has 1 aliphatic heterocycles. The summed E-state index contributed by atoms with van der Waals surface area (Å²) < 4.78 is 14.1. The quantitative estimate of drug-likeness (QED) is 0.910. The van der Waals surface area contributed by atoms with Crippen molar-refractivity contribution in [2.75, 3.05) is 6.54 Å². The number of halogens is 2. The highest BCUT2D eigenvalue weighted by Crippen LogP contribution is 2.35. The maximum Gasteiger partial charge on any atom is 0.224 e. The van der Waals surface area contributed by atoms with E-state index in [0.29, 0.717) is 13.0 Å². The summed E-state index contributed by atoms with van der Waals surface area (Å²) >= 11 is 3.38. The van der Waals surface area contributed by atoms with Crippen LogP contribution in [0.3, 0.4) is 0 Å². The normalized spacial score (nSPS) is 24.5. The highest BCUT2D eigenvalue weighted by molar-refractivity contribution is 9.10. The largest absolute Gasteiger partial charge is 0.334 e. The fourth-order valence-electron chi connectivity index (χ4n) is 2.33. The number of nitrogens with zero attached hydrogens (tertiary/aromatic N) is 1. The average Bonchev–Trinajstić information content (AvgIpc) is 2.56. The van der Waals surface area contributed by atoms with Crippen molar-refractivity contribution in [1.29, 1.82) is 0 Å². The van der Waals surface area contributed by atoms with Crippen LogP contribution in [-0.4, -0.2) is 23.4 Å². The fourth-order valence-corrected chi connectivity index (χ4v) is 2.81. The molecule has 0 radical (unpaired) electrons. The van der Waals surface area contributed by atoms with Gasteiger partial charge in [0.2, 0.25) is 5.91 Å². The zero-order valence-corrected chi connectivity index (χ0v) is 11.1. The number of hydrogen-bond acceptors (Lipinski definition) is 2. The van der Waals surface area contributed by atoms with Gasteiger partial charge in [-0.3, -0.25) is 4.79 Å². The molecule has 5 heteroatoms. The van der Waals surface area contributed by atoms with E-state index in [-0.39, 0.29) is 23.8 Å². The number of likely N-dealkylation sites (tertiary alicyclic amines) is 1. The van der Waals surface area contributed by atoms with Gasteiger partial charge in [-0.2, -0.15) is 0 Å². The van der Waals surface area contributed by atoms with E-state index in [0.717, 1.165) is 10.0 Å². The molecule has 0 spiro atoms. The molecule has 1 aromatic rings. The van der Waals surface area contributed by atoms with Crippen molar-refractivity contribution in [2.24, 2.45) is 5.73 Å². The second-order valence-corrected chi connectivity index (χ2v) is 5.01. The topological polar surface area (TPSA) is 46.3 Å². The molecule has 0 bridgehead atoms. The number of amides is 1. The molecule has 0 aromatic heterocycles. The molecule has 1 aliphatic rings. The van der Waals surface area contributed by atoms with Crippen molar-refractivity contribution in [1.82, 2.24) is 4.90 Å². The predicted molar refractivity (Wildman–Crippen MR) is 66.8 cm³/mol. The Kier molecular flexibility index (Phi) is 3.49. The number of benzene rings is 1. The van der Waals surface area contributed by atoms with Gasteiger partial charge < -0.3 is 10.6 Å². The first-order chi connectivity index (χ1) is 8.04. The number of likely N-dealkylation sites (N-methyl/N-ethyl adjacent to an activating group) is 1. The van der Waals surface area contributed by atoms with E-state index in [1.807, 2.05) is 6.92 Å². The minimum atomic E-state index is -0.314. The van der Waals surface area contributed by atoms with Crippen LogP contribution in [0.2, 0.25) is 0 Å². The van der Waals surface area contributed by atoms with Gasteiger partial charge in [0, 0.05) is 23.5 Å². The lowest BCUT2D eigenvalue weighted by atomic mass is 10.0. The van der Waals surface area contributed by atoms with Crippen molar-refractivity contribution in [2.45, 2.75) is 25.4 Å². The van der Waals surface area contributed by atoms with E-state index >= 15 is 0 Å². The van der Waals surface area contributed by atoms with E-state index < -0.39 is 0 Å². The maximum absolute atomic E-state index is 13.3. The Morgan fingerprint density at radius 1 is 1.59 bits per heavy atom. The zero-order chi connectivity index (χ0) is 12.6. The van der Waals surface area contributed by atoms with Gasteiger partial charge in [0.05, 0.1) is 6.04 Å². The summed E-state index contributed by atoms with van der Waals surface area (Å²) in [6.07, 6.45) is 0.321. The first-order valence-electron chi connectivity index (χ1n) is 5.54. The molecule has 2 rings (SSSR count).